The highest BCUT2D eigenvalue weighted by Crippen LogP contribution is 2.12. The molecule has 1 unspecified atom stereocenters. The molecule has 6 nitrogen and oxygen atoms in total. The van der Waals surface area contributed by atoms with Crippen molar-refractivity contribution in [3.05, 3.63) is 23.8 Å². The normalized spacial score (nSPS) is 18.9. The fourth-order valence-corrected chi connectivity index (χ4v) is 2.43. The van der Waals surface area contributed by atoms with Gasteiger partial charge in [-0.25, -0.2) is 4.68 Å². The molecule has 2 aromatic rings. The summed E-state index contributed by atoms with van der Waals surface area (Å²) < 4.78 is 1.69. The van der Waals surface area contributed by atoms with Gasteiger partial charge in [-0.3, -0.25) is 4.79 Å². The molecule has 0 saturated carbocycles. The quantitative estimate of drug-likeness (QED) is 0.839. The lowest BCUT2D eigenvalue weighted by Gasteiger charge is -2.11. The van der Waals surface area contributed by atoms with Crippen LogP contribution in [-0.4, -0.2) is 40.0 Å². The lowest BCUT2D eigenvalue weighted by atomic mass is 10.1. The number of hydrogen-bond acceptors (Lipinski definition) is 4. The number of carbonyl (C=O) groups is 1. The number of nitrogens with zero attached hydrogens (tertiary/aromatic N) is 3. The van der Waals surface area contributed by atoms with Gasteiger partial charge >= 0.3 is 0 Å². The zero-order valence-electron chi connectivity index (χ0n) is 10.9. The summed E-state index contributed by atoms with van der Waals surface area (Å²) in [5.41, 5.74) is 2.30. The highest BCUT2D eigenvalue weighted by Gasteiger charge is 2.15. The molecule has 1 aliphatic rings. The minimum atomic E-state index is -0.0544. The van der Waals surface area contributed by atoms with E-state index in [4.69, 9.17) is 0 Å². The number of benzene rings is 1. The number of amides is 1. The highest BCUT2D eigenvalue weighted by atomic mass is 16.1. The summed E-state index contributed by atoms with van der Waals surface area (Å²) in [6, 6.07) is 5.87. The fourth-order valence-electron chi connectivity index (χ4n) is 2.43. The van der Waals surface area contributed by atoms with Gasteiger partial charge in [0.2, 0.25) is 0 Å². The third-order valence-electron chi connectivity index (χ3n) is 3.54. The van der Waals surface area contributed by atoms with Crippen molar-refractivity contribution in [1.29, 1.82) is 0 Å². The summed E-state index contributed by atoms with van der Waals surface area (Å²) in [4.78, 5) is 12.1. The van der Waals surface area contributed by atoms with Crippen LogP contribution in [0.3, 0.4) is 0 Å². The van der Waals surface area contributed by atoms with Gasteiger partial charge in [0.15, 0.2) is 0 Å². The van der Waals surface area contributed by atoms with E-state index in [-0.39, 0.29) is 5.91 Å². The molecule has 100 valence electrons. The number of nitrogens with one attached hydrogen (secondary N) is 2. The fraction of sp³-hybridized carbons (Fsp3) is 0.462. The molecule has 1 fully saturated rings. The Kier molecular flexibility index (Phi) is 3.16. The first kappa shape index (κ1) is 12.1. The Hall–Kier alpha value is -1.95. The molecule has 1 aliphatic heterocycles. The Morgan fingerprint density at radius 3 is 3.26 bits per heavy atom. The maximum Gasteiger partial charge on any atom is 0.251 e. The largest absolute Gasteiger partial charge is 0.350 e. The maximum atomic E-state index is 12.1. The molecule has 1 aromatic carbocycles. The zero-order valence-corrected chi connectivity index (χ0v) is 10.9. The number of rotatable bonds is 3. The van der Waals surface area contributed by atoms with E-state index in [1.807, 2.05) is 19.2 Å². The topological polar surface area (TPSA) is 71.8 Å². The van der Waals surface area contributed by atoms with Gasteiger partial charge in [-0.15, -0.1) is 5.10 Å². The first-order valence-corrected chi connectivity index (χ1v) is 6.55. The molecule has 6 heteroatoms. The molecule has 19 heavy (non-hydrogen) atoms. The Morgan fingerprint density at radius 1 is 1.58 bits per heavy atom. The molecule has 2 heterocycles. The van der Waals surface area contributed by atoms with Crippen molar-refractivity contribution < 1.29 is 4.79 Å². The molecule has 0 aliphatic carbocycles. The van der Waals surface area contributed by atoms with Crippen molar-refractivity contribution in [1.82, 2.24) is 25.6 Å². The predicted molar refractivity (Wildman–Crippen MR) is 71.9 cm³/mol. The van der Waals surface area contributed by atoms with Crippen LogP contribution in [0.4, 0.5) is 0 Å². The molecule has 1 atom stereocenters. The van der Waals surface area contributed by atoms with Gasteiger partial charge < -0.3 is 10.6 Å². The zero-order chi connectivity index (χ0) is 13.2. The van der Waals surface area contributed by atoms with Crippen LogP contribution in [0.15, 0.2) is 18.2 Å². The monoisotopic (exact) mass is 259 g/mol. The highest BCUT2D eigenvalue weighted by molar-refractivity contribution is 5.97. The van der Waals surface area contributed by atoms with E-state index < -0.39 is 0 Å². The van der Waals surface area contributed by atoms with Crippen LogP contribution >= 0.6 is 0 Å². The van der Waals surface area contributed by atoms with Crippen molar-refractivity contribution in [3.63, 3.8) is 0 Å². The van der Waals surface area contributed by atoms with Crippen LogP contribution in [0.1, 0.15) is 23.2 Å². The van der Waals surface area contributed by atoms with Crippen LogP contribution in [0.25, 0.3) is 11.0 Å². The van der Waals surface area contributed by atoms with Crippen LogP contribution in [0, 0.1) is 0 Å². The van der Waals surface area contributed by atoms with E-state index in [1.165, 1.54) is 6.42 Å². The van der Waals surface area contributed by atoms with Crippen LogP contribution in [0.5, 0.6) is 0 Å². The van der Waals surface area contributed by atoms with E-state index in [0.29, 0.717) is 18.2 Å². The van der Waals surface area contributed by atoms with Gasteiger partial charge in [-0.2, -0.15) is 0 Å². The SMILES string of the molecule is Cn1nnc2cc(C(=O)NCC3CCCN3)ccc21. The molecule has 1 saturated heterocycles. The second-order valence-corrected chi connectivity index (χ2v) is 4.92. The standard InChI is InChI=1S/C13H17N5O/c1-18-12-5-4-9(7-11(12)16-17-18)13(19)15-8-10-3-2-6-14-10/h4-5,7,10,14H,2-3,6,8H2,1H3,(H,15,19). The molecule has 0 radical (unpaired) electrons. The Morgan fingerprint density at radius 2 is 2.47 bits per heavy atom. The van der Waals surface area contributed by atoms with Gasteiger partial charge in [0.05, 0.1) is 5.52 Å². The van der Waals surface area contributed by atoms with Crippen molar-refractivity contribution in [2.24, 2.45) is 7.05 Å². The smallest absolute Gasteiger partial charge is 0.251 e. The predicted octanol–water partition coefficient (Wildman–Crippen LogP) is 0.450. The third-order valence-corrected chi connectivity index (χ3v) is 3.54. The van der Waals surface area contributed by atoms with Crippen molar-refractivity contribution in [2.75, 3.05) is 13.1 Å². The third kappa shape index (κ3) is 2.44. The molecule has 2 N–H and O–H groups in total. The number of aromatic nitrogens is 3. The average Bonchev–Trinajstić information content (AvgIpc) is 3.06. The minimum absolute atomic E-state index is 0.0544. The summed E-state index contributed by atoms with van der Waals surface area (Å²) in [6.07, 6.45) is 2.32. The summed E-state index contributed by atoms with van der Waals surface area (Å²) in [6.45, 7) is 1.73. The van der Waals surface area contributed by atoms with E-state index in [0.717, 1.165) is 24.0 Å². The molecule has 1 aromatic heterocycles. The van der Waals surface area contributed by atoms with Crippen molar-refractivity contribution in [2.45, 2.75) is 18.9 Å². The number of carbonyl (C=O) groups excluding carboxylic acids is 1. The van der Waals surface area contributed by atoms with E-state index in [9.17, 15) is 4.79 Å². The molecule has 0 bridgehead atoms. The van der Waals surface area contributed by atoms with Crippen molar-refractivity contribution >= 4 is 16.9 Å². The van der Waals surface area contributed by atoms with Gasteiger partial charge in [-0.1, -0.05) is 5.21 Å². The Bertz CT molecular complexity index is 600. The lowest BCUT2D eigenvalue weighted by Crippen LogP contribution is -2.37. The van der Waals surface area contributed by atoms with Crippen LogP contribution in [-0.2, 0) is 7.05 Å². The lowest BCUT2D eigenvalue weighted by molar-refractivity contribution is 0.0950. The first-order valence-electron chi connectivity index (χ1n) is 6.55. The van der Waals surface area contributed by atoms with Crippen LogP contribution in [0.2, 0.25) is 0 Å². The number of aryl methyl sites for hydroxylation is 1. The molecular formula is C13H17N5O. The minimum Gasteiger partial charge on any atom is -0.350 e. The Labute approximate surface area is 111 Å². The van der Waals surface area contributed by atoms with Gasteiger partial charge in [0.25, 0.3) is 5.91 Å². The van der Waals surface area contributed by atoms with E-state index in [2.05, 4.69) is 20.9 Å². The molecule has 1 amide bonds. The summed E-state index contributed by atoms with van der Waals surface area (Å²) in [5, 5.41) is 14.3. The number of hydrogen-bond donors (Lipinski definition) is 2. The van der Waals surface area contributed by atoms with E-state index in [1.54, 1.807) is 10.7 Å². The maximum absolute atomic E-state index is 12.1. The summed E-state index contributed by atoms with van der Waals surface area (Å²) >= 11 is 0. The van der Waals surface area contributed by atoms with Gasteiger partial charge in [0.1, 0.15) is 5.52 Å². The van der Waals surface area contributed by atoms with E-state index >= 15 is 0 Å². The van der Waals surface area contributed by atoms with Gasteiger partial charge in [0, 0.05) is 25.2 Å². The van der Waals surface area contributed by atoms with Gasteiger partial charge in [-0.05, 0) is 37.6 Å². The molecule has 3 rings (SSSR count). The average molecular weight is 259 g/mol. The Balaban J connectivity index is 1.70. The number of fused-ring (bicyclic) bond motifs is 1. The van der Waals surface area contributed by atoms with Crippen molar-refractivity contribution in [3.8, 4) is 0 Å². The van der Waals surface area contributed by atoms with Crippen LogP contribution < -0.4 is 10.6 Å². The summed E-state index contributed by atoms with van der Waals surface area (Å²) in [5.74, 6) is -0.0544. The molecule has 0 spiro atoms. The second-order valence-electron chi connectivity index (χ2n) is 4.92. The second kappa shape index (κ2) is 4.97. The molecular weight excluding hydrogens is 242 g/mol. The summed E-state index contributed by atoms with van der Waals surface area (Å²) in [7, 11) is 1.83. The first-order chi connectivity index (χ1) is 9.24.